The zero-order valence-corrected chi connectivity index (χ0v) is 16.9. The summed E-state index contributed by atoms with van der Waals surface area (Å²) in [6.07, 6.45) is 0.921. The summed E-state index contributed by atoms with van der Waals surface area (Å²) in [5, 5.41) is 14.3. The van der Waals surface area contributed by atoms with Crippen LogP contribution in [0.5, 0.6) is 5.88 Å². The van der Waals surface area contributed by atoms with Gasteiger partial charge in [0.1, 0.15) is 5.56 Å². The maximum atomic E-state index is 13.1. The number of aromatic nitrogens is 2. The molecule has 0 saturated carbocycles. The lowest BCUT2D eigenvalue weighted by Crippen LogP contribution is -2.31. The molecule has 0 fully saturated rings. The third-order valence-electron chi connectivity index (χ3n) is 5.22. The summed E-state index contributed by atoms with van der Waals surface area (Å²) < 4.78 is 32.5. The normalized spacial score (nSPS) is 21.1. The first-order valence-electron chi connectivity index (χ1n) is 8.83. The Morgan fingerprint density at radius 1 is 1.37 bits per heavy atom. The van der Waals surface area contributed by atoms with Crippen LogP contribution in [0.1, 0.15) is 52.6 Å². The Kier molecular flexibility index (Phi) is 4.90. The first-order valence-corrected chi connectivity index (χ1v) is 10.5. The number of aromatic hydroxyl groups is 1. The Labute approximate surface area is 158 Å². The van der Waals surface area contributed by atoms with Crippen LogP contribution in [0.15, 0.2) is 17.2 Å². The van der Waals surface area contributed by atoms with Gasteiger partial charge in [0.2, 0.25) is 5.88 Å². The fourth-order valence-corrected chi connectivity index (χ4v) is 6.16. The van der Waals surface area contributed by atoms with Crippen molar-refractivity contribution < 1.29 is 23.1 Å². The van der Waals surface area contributed by atoms with E-state index in [1.165, 1.54) is 10.9 Å². The molecule has 2 unspecified atom stereocenters. The summed E-state index contributed by atoms with van der Waals surface area (Å²) in [7, 11) is -1.91. The molecule has 8 heteroatoms. The van der Waals surface area contributed by atoms with Gasteiger partial charge < -0.3 is 9.84 Å². The average molecular weight is 392 g/mol. The van der Waals surface area contributed by atoms with Crippen molar-refractivity contribution in [1.29, 1.82) is 0 Å². The van der Waals surface area contributed by atoms with Crippen molar-refractivity contribution in [3.8, 4) is 5.88 Å². The molecule has 146 valence electrons. The van der Waals surface area contributed by atoms with Crippen LogP contribution < -0.4 is 0 Å². The minimum absolute atomic E-state index is 0.0101. The Morgan fingerprint density at radius 3 is 2.59 bits per heavy atom. The number of ketones is 1. The maximum absolute atomic E-state index is 13.1. The fraction of sp³-hybridized carbons (Fsp3) is 0.474. The van der Waals surface area contributed by atoms with E-state index >= 15 is 0 Å². The fourth-order valence-electron chi connectivity index (χ4n) is 3.98. The molecule has 1 aliphatic heterocycles. The van der Waals surface area contributed by atoms with E-state index in [4.69, 9.17) is 4.74 Å². The molecule has 0 radical (unpaired) electrons. The first kappa shape index (κ1) is 19.6. The summed E-state index contributed by atoms with van der Waals surface area (Å²) >= 11 is 0. The number of hydrogen-bond acceptors (Lipinski definition) is 6. The van der Waals surface area contributed by atoms with Gasteiger partial charge in [-0.25, -0.2) is 13.1 Å². The predicted octanol–water partition coefficient (Wildman–Crippen LogP) is 2.57. The van der Waals surface area contributed by atoms with Crippen LogP contribution >= 0.6 is 0 Å². The van der Waals surface area contributed by atoms with Gasteiger partial charge in [-0.05, 0) is 38.0 Å². The molecule has 0 saturated heterocycles. The van der Waals surface area contributed by atoms with Crippen molar-refractivity contribution in [2.24, 2.45) is 5.92 Å². The molecule has 2 aromatic rings. The van der Waals surface area contributed by atoms with E-state index in [-0.39, 0.29) is 33.8 Å². The minimum atomic E-state index is -3.46. The number of fused-ring (bicyclic) bond motifs is 1. The van der Waals surface area contributed by atoms with Crippen LogP contribution in [-0.2, 0) is 21.1 Å². The van der Waals surface area contributed by atoms with Crippen molar-refractivity contribution in [1.82, 2.24) is 9.78 Å². The van der Waals surface area contributed by atoms with Crippen LogP contribution in [0, 0.1) is 19.8 Å². The van der Waals surface area contributed by atoms with Crippen molar-refractivity contribution in [3.05, 3.63) is 40.1 Å². The third-order valence-corrected chi connectivity index (χ3v) is 7.35. The Balaban J connectivity index is 2.26. The smallest absolute Gasteiger partial charge is 0.220 e. The van der Waals surface area contributed by atoms with Crippen molar-refractivity contribution in [2.45, 2.75) is 45.2 Å². The molecule has 0 aliphatic carbocycles. The van der Waals surface area contributed by atoms with Crippen LogP contribution in [0.4, 0.5) is 0 Å². The molecule has 2 atom stereocenters. The SMILES string of the molecule is CCn1ncc(C(=O)c2cc(C)c3c(c2C)C(OC)C(C)CS3(=O)=O)c1O. The minimum Gasteiger partial charge on any atom is -0.493 e. The third kappa shape index (κ3) is 2.96. The van der Waals surface area contributed by atoms with Gasteiger partial charge in [-0.1, -0.05) is 6.92 Å². The van der Waals surface area contributed by atoms with E-state index < -0.39 is 15.9 Å². The van der Waals surface area contributed by atoms with Gasteiger partial charge in [-0.3, -0.25) is 4.79 Å². The number of aryl methyl sites for hydroxylation is 2. The Bertz CT molecular complexity index is 1020. The lowest BCUT2D eigenvalue weighted by atomic mass is 9.87. The number of ether oxygens (including phenoxy) is 1. The summed E-state index contributed by atoms with van der Waals surface area (Å²) in [5.41, 5.74) is 2.06. The second kappa shape index (κ2) is 6.76. The second-order valence-electron chi connectivity index (χ2n) is 7.05. The van der Waals surface area contributed by atoms with Gasteiger partial charge in [-0.15, -0.1) is 0 Å². The molecule has 0 amide bonds. The van der Waals surface area contributed by atoms with E-state index in [0.717, 1.165) is 0 Å². The number of benzene rings is 1. The molecule has 0 bridgehead atoms. The van der Waals surface area contributed by atoms with Gasteiger partial charge >= 0.3 is 0 Å². The lowest BCUT2D eigenvalue weighted by Gasteiger charge is -2.33. The number of rotatable bonds is 4. The Hall–Kier alpha value is -2.19. The zero-order chi connectivity index (χ0) is 20.1. The lowest BCUT2D eigenvalue weighted by molar-refractivity contribution is 0.0602. The molecule has 27 heavy (non-hydrogen) atoms. The number of carbonyl (C=O) groups excluding carboxylic acids is 1. The van der Waals surface area contributed by atoms with Gasteiger partial charge in [0.15, 0.2) is 15.6 Å². The topological polar surface area (TPSA) is 98.5 Å². The highest BCUT2D eigenvalue weighted by Crippen LogP contribution is 2.43. The number of hydrogen-bond donors (Lipinski definition) is 1. The van der Waals surface area contributed by atoms with E-state index in [1.54, 1.807) is 27.0 Å². The van der Waals surface area contributed by atoms with Crippen LogP contribution in [0.2, 0.25) is 0 Å². The monoisotopic (exact) mass is 392 g/mol. The number of methoxy groups -OCH3 is 1. The van der Waals surface area contributed by atoms with E-state index in [0.29, 0.717) is 28.8 Å². The van der Waals surface area contributed by atoms with Crippen molar-refractivity contribution in [2.75, 3.05) is 12.9 Å². The van der Waals surface area contributed by atoms with E-state index in [1.807, 2.05) is 13.8 Å². The molecular weight excluding hydrogens is 368 g/mol. The molecule has 1 aromatic heterocycles. The van der Waals surface area contributed by atoms with Crippen LogP contribution in [0.3, 0.4) is 0 Å². The molecular formula is C19H24N2O5S. The number of nitrogens with zero attached hydrogens (tertiary/aromatic N) is 2. The van der Waals surface area contributed by atoms with Gasteiger partial charge in [0.05, 0.1) is 22.9 Å². The van der Waals surface area contributed by atoms with Gasteiger partial charge in [-0.2, -0.15) is 5.10 Å². The number of sulfone groups is 1. The Morgan fingerprint density at radius 2 is 2.04 bits per heavy atom. The van der Waals surface area contributed by atoms with Gasteiger partial charge in [0.25, 0.3) is 0 Å². The first-order chi connectivity index (χ1) is 12.6. The zero-order valence-electron chi connectivity index (χ0n) is 16.1. The average Bonchev–Trinajstić information content (AvgIpc) is 2.96. The standard InChI is InChI=1S/C19H24N2O5S/c1-6-21-19(23)14(8-20-21)16(22)13-7-10(2)18-15(12(13)4)17(26-5)11(3)9-27(18,24)25/h7-8,11,17,23H,6,9H2,1-5H3. The van der Waals surface area contributed by atoms with Crippen molar-refractivity contribution >= 4 is 15.6 Å². The van der Waals surface area contributed by atoms with E-state index in [9.17, 15) is 18.3 Å². The predicted molar refractivity (Wildman–Crippen MR) is 99.9 cm³/mol. The molecule has 3 rings (SSSR count). The van der Waals surface area contributed by atoms with Crippen molar-refractivity contribution in [3.63, 3.8) is 0 Å². The summed E-state index contributed by atoms with van der Waals surface area (Å²) in [6, 6.07) is 1.58. The van der Waals surface area contributed by atoms with Crippen LogP contribution in [0.25, 0.3) is 0 Å². The molecule has 1 aliphatic rings. The van der Waals surface area contributed by atoms with Crippen LogP contribution in [-0.4, -0.2) is 42.0 Å². The molecule has 1 N–H and O–H groups in total. The highest BCUT2D eigenvalue weighted by molar-refractivity contribution is 7.91. The molecule has 2 heterocycles. The molecule has 7 nitrogen and oxygen atoms in total. The summed E-state index contributed by atoms with van der Waals surface area (Å²) in [5.74, 6) is -0.800. The summed E-state index contributed by atoms with van der Waals surface area (Å²) in [4.78, 5) is 13.3. The molecule has 0 spiro atoms. The second-order valence-corrected chi connectivity index (χ2v) is 9.02. The largest absolute Gasteiger partial charge is 0.493 e. The maximum Gasteiger partial charge on any atom is 0.220 e. The molecule has 1 aromatic carbocycles. The van der Waals surface area contributed by atoms with Gasteiger partial charge in [0, 0.05) is 30.7 Å². The van der Waals surface area contributed by atoms with E-state index in [2.05, 4.69) is 5.10 Å². The quantitative estimate of drug-likeness (QED) is 0.803. The summed E-state index contributed by atoms with van der Waals surface area (Å²) in [6.45, 7) is 7.49. The number of carbonyl (C=O) groups is 1. The highest BCUT2D eigenvalue weighted by Gasteiger charge is 2.39. The highest BCUT2D eigenvalue weighted by atomic mass is 32.2.